The van der Waals surface area contributed by atoms with Crippen LogP contribution < -0.4 is 5.32 Å². The molecule has 0 spiro atoms. The van der Waals surface area contributed by atoms with Crippen LogP contribution in [0.4, 0.5) is 4.79 Å². The summed E-state index contributed by atoms with van der Waals surface area (Å²) in [5, 5.41) is 12.2. The topological polar surface area (TPSA) is 125 Å². The first kappa shape index (κ1) is 22.6. The minimum absolute atomic E-state index is 0.107. The van der Waals surface area contributed by atoms with Crippen LogP contribution in [-0.2, 0) is 20.7 Å². The number of hydrogen-bond donors (Lipinski definition) is 3. The van der Waals surface area contributed by atoms with Crippen LogP contribution in [0.1, 0.15) is 35.6 Å². The van der Waals surface area contributed by atoms with E-state index in [4.69, 9.17) is 4.74 Å². The zero-order valence-electron chi connectivity index (χ0n) is 19.0. The van der Waals surface area contributed by atoms with Crippen LogP contribution in [0.15, 0.2) is 61.1 Å². The van der Waals surface area contributed by atoms with Gasteiger partial charge in [0, 0.05) is 30.8 Å². The van der Waals surface area contributed by atoms with Crippen LogP contribution in [-0.4, -0.2) is 63.2 Å². The van der Waals surface area contributed by atoms with E-state index in [1.165, 1.54) is 11.2 Å². The number of imidazole rings is 1. The van der Waals surface area contributed by atoms with Crippen LogP contribution in [0.3, 0.4) is 0 Å². The van der Waals surface area contributed by atoms with Gasteiger partial charge in [0.05, 0.1) is 6.33 Å². The number of H-pyrrole nitrogens is 1. The SMILES string of the molecule is O=C(N[C@H](Cc1cnc[nH]1)C(=O)N1CCC[C@@H]1C(=O)O)OCC1c2ccccc2-c2ccccc21. The number of alkyl carbamates (subject to hydrolysis) is 1. The molecule has 9 heteroatoms. The normalized spacial score (nSPS) is 17.5. The minimum atomic E-state index is -1.04. The third-order valence-corrected chi connectivity index (χ3v) is 6.73. The monoisotopic (exact) mass is 474 g/mol. The van der Waals surface area contributed by atoms with Gasteiger partial charge in [-0.05, 0) is 35.1 Å². The summed E-state index contributed by atoms with van der Waals surface area (Å²) in [5.41, 5.74) is 5.07. The molecule has 0 unspecified atom stereocenters. The number of nitrogens with one attached hydrogen (secondary N) is 2. The Morgan fingerprint density at radius 2 is 1.80 bits per heavy atom. The summed E-state index contributed by atoms with van der Waals surface area (Å²) < 4.78 is 5.61. The summed E-state index contributed by atoms with van der Waals surface area (Å²) in [4.78, 5) is 45.9. The van der Waals surface area contributed by atoms with Crippen molar-refractivity contribution >= 4 is 18.0 Å². The standard InChI is InChI=1S/C26H26N4O5/c31-24(30-11-5-10-23(30)25(32)33)22(12-16-13-27-15-28-16)29-26(34)35-14-21-19-8-3-1-6-17(19)18-7-2-4-9-20(18)21/h1-4,6-9,13,15,21-23H,5,10-12,14H2,(H,27,28)(H,29,34)(H,32,33)/t22-,23-/m1/s1. The molecule has 1 aromatic heterocycles. The first-order valence-electron chi connectivity index (χ1n) is 11.6. The Kier molecular flexibility index (Phi) is 6.22. The summed E-state index contributed by atoms with van der Waals surface area (Å²) in [5.74, 6) is -1.60. The number of amides is 2. The number of aromatic nitrogens is 2. The molecule has 2 aliphatic rings. The first-order valence-corrected chi connectivity index (χ1v) is 11.6. The molecule has 180 valence electrons. The maximum absolute atomic E-state index is 13.3. The van der Waals surface area contributed by atoms with Gasteiger partial charge >= 0.3 is 12.1 Å². The van der Waals surface area contributed by atoms with Crippen molar-refractivity contribution in [3.05, 3.63) is 77.9 Å². The first-order chi connectivity index (χ1) is 17.0. The van der Waals surface area contributed by atoms with Crippen molar-refractivity contribution in [3.63, 3.8) is 0 Å². The van der Waals surface area contributed by atoms with Gasteiger partial charge in [0.1, 0.15) is 18.7 Å². The summed E-state index contributed by atoms with van der Waals surface area (Å²) in [6.45, 7) is 0.452. The van der Waals surface area contributed by atoms with Gasteiger partial charge in [-0.2, -0.15) is 0 Å². The molecule has 0 bridgehead atoms. The number of fused-ring (bicyclic) bond motifs is 3. The minimum Gasteiger partial charge on any atom is -0.480 e. The van der Waals surface area contributed by atoms with Crippen molar-refractivity contribution in [1.82, 2.24) is 20.2 Å². The molecule has 0 radical (unpaired) electrons. The van der Waals surface area contributed by atoms with Gasteiger partial charge in [-0.3, -0.25) is 4.79 Å². The number of nitrogens with zero attached hydrogens (tertiary/aromatic N) is 2. The zero-order chi connectivity index (χ0) is 24.4. The highest BCUT2D eigenvalue weighted by Crippen LogP contribution is 2.44. The van der Waals surface area contributed by atoms with E-state index < -0.39 is 30.1 Å². The fraction of sp³-hybridized carbons (Fsp3) is 0.308. The van der Waals surface area contributed by atoms with Gasteiger partial charge in [-0.25, -0.2) is 14.6 Å². The Balaban J connectivity index is 1.30. The molecule has 2 heterocycles. The van der Waals surface area contributed by atoms with Crippen LogP contribution in [0, 0.1) is 0 Å². The lowest BCUT2D eigenvalue weighted by Gasteiger charge is -2.27. The second-order valence-electron chi connectivity index (χ2n) is 8.83. The van der Waals surface area contributed by atoms with Crippen LogP contribution in [0.25, 0.3) is 11.1 Å². The number of hydrogen-bond acceptors (Lipinski definition) is 5. The van der Waals surface area contributed by atoms with Gasteiger partial charge in [0.25, 0.3) is 0 Å². The van der Waals surface area contributed by atoms with Crippen molar-refractivity contribution in [2.45, 2.75) is 37.3 Å². The zero-order valence-corrected chi connectivity index (χ0v) is 19.0. The third-order valence-electron chi connectivity index (χ3n) is 6.73. The highest BCUT2D eigenvalue weighted by Gasteiger charge is 2.38. The molecule has 3 aromatic rings. The molecule has 0 saturated carbocycles. The summed E-state index contributed by atoms with van der Waals surface area (Å²) in [7, 11) is 0. The molecule has 1 saturated heterocycles. The molecule has 3 N–H and O–H groups in total. The quantitative estimate of drug-likeness (QED) is 0.484. The molecule has 1 aliphatic carbocycles. The highest BCUT2D eigenvalue weighted by atomic mass is 16.5. The average Bonchev–Trinajstić information content (AvgIpc) is 3.61. The van der Waals surface area contributed by atoms with Crippen molar-refractivity contribution in [1.29, 1.82) is 0 Å². The van der Waals surface area contributed by atoms with Crippen LogP contribution in [0.5, 0.6) is 0 Å². The van der Waals surface area contributed by atoms with E-state index in [-0.39, 0.29) is 18.9 Å². The largest absolute Gasteiger partial charge is 0.480 e. The Hall–Kier alpha value is -4.14. The van der Waals surface area contributed by atoms with Crippen molar-refractivity contribution in [2.24, 2.45) is 0 Å². The van der Waals surface area contributed by atoms with Crippen LogP contribution >= 0.6 is 0 Å². The fourth-order valence-electron chi connectivity index (χ4n) is 5.09. The number of likely N-dealkylation sites (tertiary alicyclic amines) is 1. The average molecular weight is 475 g/mol. The number of aliphatic carboxylic acids is 1. The molecule has 35 heavy (non-hydrogen) atoms. The molecular formula is C26H26N4O5. The molecule has 5 rings (SSSR count). The highest BCUT2D eigenvalue weighted by molar-refractivity contribution is 5.90. The van der Waals surface area contributed by atoms with E-state index in [9.17, 15) is 19.5 Å². The van der Waals surface area contributed by atoms with Gasteiger partial charge in [0.2, 0.25) is 5.91 Å². The van der Waals surface area contributed by atoms with Gasteiger partial charge < -0.3 is 25.0 Å². The number of carboxylic acid groups (broad SMARTS) is 1. The molecule has 1 aliphatic heterocycles. The van der Waals surface area contributed by atoms with E-state index in [1.54, 1.807) is 6.20 Å². The van der Waals surface area contributed by atoms with Crippen LogP contribution in [0.2, 0.25) is 0 Å². The Labute approximate surface area is 202 Å². The number of rotatable bonds is 7. The lowest BCUT2D eigenvalue weighted by atomic mass is 9.98. The number of aromatic amines is 1. The maximum Gasteiger partial charge on any atom is 0.407 e. The van der Waals surface area contributed by atoms with Gasteiger partial charge in [-0.15, -0.1) is 0 Å². The second-order valence-corrected chi connectivity index (χ2v) is 8.83. The summed E-state index contributed by atoms with van der Waals surface area (Å²) in [6.07, 6.45) is 3.47. The van der Waals surface area contributed by atoms with Gasteiger partial charge in [-0.1, -0.05) is 48.5 Å². The number of carbonyl (C=O) groups excluding carboxylic acids is 2. The van der Waals surface area contributed by atoms with Gasteiger partial charge in [0.15, 0.2) is 0 Å². The predicted octanol–water partition coefficient (Wildman–Crippen LogP) is 2.94. The lowest BCUT2D eigenvalue weighted by Crippen LogP contribution is -2.52. The predicted molar refractivity (Wildman–Crippen MR) is 127 cm³/mol. The number of benzene rings is 2. The van der Waals surface area contributed by atoms with E-state index in [2.05, 4.69) is 27.4 Å². The van der Waals surface area contributed by atoms with E-state index in [1.807, 2.05) is 36.4 Å². The lowest BCUT2D eigenvalue weighted by molar-refractivity contribution is -0.149. The number of ether oxygens (including phenoxy) is 1. The number of carboxylic acids is 1. The van der Waals surface area contributed by atoms with Crippen molar-refractivity contribution in [2.75, 3.05) is 13.2 Å². The maximum atomic E-state index is 13.3. The molecule has 1 fully saturated rings. The second kappa shape index (κ2) is 9.61. The molecule has 2 atom stereocenters. The molecule has 2 amide bonds. The summed E-state index contributed by atoms with van der Waals surface area (Å²) >= 11 is 0. The molecule has 9 nitrogen and oxygen atoms in total. The van der Waals surface area contributed by atoms with E-state index in [0.717, 1.165) is 22.3 Å². The Morgan fingerprint density at radius 1 is 1.11 bits per heavy atom. The number of carbonyl (C=O) groups is 3. The molecule has 2 aromatic carbocycles. The third kappa shape index (κ3) is 4.49. The Bertz CT molecular complexity index is 1200. The van der Waals surface area contributed by atoms with E-state index in [0.29, 0.717) is 25.1 Å². The smallest absolute Gasteiger partial charge is 0.407 e. The Morgan fingerprint density at radius 3 is 2.43 bits per heavy atom. The molecular weight excluding hydrogens is 448 g/mol. The fourth-order valence-corrected chi connectivity index (χ4v) is 5.09. The van der Waals surface area contributed by atoms with E-state index >= 15 is 0 Å². The summed E-state index contributed by atoms with van der Waals surface area (Å²) in [6, 6.07) is 14.2. The van der Waals surface area contributed by atoms with Crippen molar-refractivity contribution in [3.8, 4) is 11.1 Å². The van der Waals surface area contributed by atoms with Crippen molar-refractivity contribution < 1.29 is 24.2 Å².